The quantitative estimate of drug-likeness (QED) is 0.312. The Morgan fingerprint density at radius 3 is 2.50 bits per heavy atom. The van der Waals surface area contributed by atoms with E-state index in [0.29, 0.717) is 12.4 Å². The van der Waals surface area contributed by atoms with Crippen LogP contribution in [0.5, 0.6) is 0 Å². The monoisotopic (exact) mass is 496 g/mol. The van der Waals surface area contributed by atoms with Gasteiger partial charge >= 0.3 is 0 Å². The molecule has 0 aliphatic heterocycles. The summed E-state index contributed by atoms with van der Waals surface area (Å²) in [6.07, 6.45) is 1.82. The molecular formula is C18H33IN4O2S. The van der Waals surface area contributed by atoms with Gasteiger partial charge in [0.15, 0.2) is 5.96 Å². The molecule has 0 saturated heterocycles. The molecule has 0 heterocycles. The minimum Gasteiger partial charge on any atom is -0.370 e. The molecule has 0 bridgehead atoms. The molecule has 0 amide bonds. The number of guanidine groups is 1. The van der Waals surface area contributed by atoms with E-state index in [2.05, 4.69) is 58.6 Å². The summed E-state index contributed by atoms with van der Waals surface area (Å²) in [5.74, 6) is 0.872. The van der Waals surface area contributed by atoms with Gasteiger partial charge < -0.3 is 15.5 Å². The number of anilines is 1. The number of likely N-dealkylation sites (N-methyl/N-ethyl adjacent to an activating group) is 1. The predicted molar refractivity (Wildman–Crippen MR) is 123 cm³/mol. The highest BCUT2D eigenvalue weighted by Gasteiger charge is 2.10. The van der Waals surface area contributed by atoms with Crippen molar-refractivity contribution in [3.63, 3.8) is 0 Å². The first-order valence-corrected chi connectivity index (χ1v) is 10.8. The highest BCUT2D eigenvalue weighted by atomic mass is 127. The Hall–Kier alpha value is -1.03. The van der Waals surface area contributed by atoms with E-state index in [0.717, 1.165) is 19.6 Å². The molecule has 6 nitrogen and oxygen atoms in total. The summed E-state index contributed by atoms with van der Waals surface area (Å²) < 4.78 is 22.5. The molecule has 1 aromatic carbocycles. The molecule has 26 heavy (non-hydrogen) atoms. The molecular weight excluding hydrogens is 463 g/mol. The van der Waals surface area contributed by atoms with Gasteiger partial charge in [0, 0.05) is 44.7 Å². The van der Waals surface area contributed by atoms with E-state index in [1.807, 2.05) is 6.92 Å². The molecule has 1 rings (SSSR count). The summed E-state index contributed by atoms with van der Waals surface area (Å²) in [6.45, 7) is 8.77. The van der Waals surface area contributed by atoms with Crippen molar-refractivity contribution < 1.29 is 8.42 Å². The van der Waals surface area contributed by atoms with E-state index in [1.165, 1.54) is 17.5 Å². The molecule has 0 spiro atoms. The number of benzene rings is 1. The second-order valence-corrected chi connectivity index (χ2v) is 8.59. The molecule has 0 aliphatic rings. The Kier molecular flexibility index (Phi) is 11.9. The average Bonchev–Trinajstić information content (AvgIpc) is 2.56. The van der Waals surface area contributed by atoms with Crippen molar-refractivity contribution >= 4 is 45.5 Å². The smallest absolute Gasteiger partial charge is 0.191 e. The van der Waals surface area contributed by atoms with Crippen LogP contribution >= 0.6 is 24.0 Å². The third-order valence-electron chi connectivity index (χ3n) is 4.04. The topological polar surface area (TPSA) is 73.8 Å². The van der Waals surface area contributed by atoms with E-state index in [-0.39, 0.29) is 35.8 Å². The number of aryl methyl sites for hydroxylation is 1. The maximum atomic E-state index is 11.3. The normalized spacial score (nSPS) is 12.9. The lowest BCUT2D eigenvalue weighted by molar-refractivity contribution is 0.581. The molecule has 0 aromatic heterocycles. The number of hydrogen-bond acceptors (Lipinski definition) is 4. The number of nitrogens with zero attached hydrogens (tertiary/aromatic N) is 2. The molecule has 0 fully saturated rings. The SMILES string of the molecule is CCN(CCNC(=NC)NC(C)CCS(C)(=O)=O)c1ccccc1C.I. The zero-order valence-electron chi connectivity index (χ0n) is 16.4. The van der Waals surface area contributed by atoms with Crippen molar-refractivity contribution in [2.45, 2.75) is 33.2 Å². The van der Waals surface area contributed by atoms with E-state index >= 15 is 0 Å². The lowest BCUT2D eigenvalue weighted by atomic mass is 10.2. The van der Waals surface area contributed by atoms with Gasteiger partial charge in [0.05, 0.1) is 5.75 Å². The molecule has 0 saturated carbocycles. The first-order valence-electron chi connectivity index (χ1n) is 8.72. The van der Waals surface area contributed by atoms with Crippen LogP contribution in [0, 0.1) is 6.92 Å². The predicted octanol–water partition coefficient (Wildman–Crippen LogP) is 2.43. The summed E-state index contributed by atoms with van der Waals surface area (Å²) in [6, 6.07) is 8.41. The molecule has 1 unspecified atom stereocenters. The van der Waals surface area contributed by atoms with Crippen molar-refractivity contribution in [3.05, 3.63) is 29.8 Å². The van der Waals surface area contributed by atoms with Gasteiger partial charge in [0.25, 0.3) is 0 Å². The Labute approximate surface area is 175 Å². The van der Waals surface area contributed by atoms with E-state index < -0.39 is 9.84 Å². The van der Waals surface area contributed by atoms with Gasteiger partial charge in [-0.3, -0.25) is 4.99 Å². The summed E-state index contributed by atoms with van der Waals surface area (Å²) >= 11 is 0. The van der Waals surface area contributed by atoms with Crippen molar-refractivity contribution in [2.75, 3.05) is 43.6 Å². The van der Waals surface area contributed by atoms with Crippen molar-refractivity contribution in [2.24, 2.45) is 4.99 Å². The Morgan fingerprint density at radius 2 is 1.96 bits per heavy atom. The Bertz CT molecular complexity index is 665. The van der Waals surface area contributed by atoms with Crippen LogP contribution in [-0.4, -0.2) is 59.1 Å². The largest absolute Gasteiger partial charge is 0.370 e. The Morgan fingerprint density at radius 1 is 1.31 bits per heavy atom. The van der Waals surface area contributed by atoms with Crippen LogP contribution in [0.25, 0.3) is 0 Å². The minimum atomic E-state index is -2.93. The molecule has 1 aromatic rings. The maximum Gasteiger partial charge on any atom is 0.191 e. The van der Waals surface area contributed by atoms with Crippen LogP contribution in [0.1, 0.15) is 25.8 Å². The fourth-order valence-electron chi connectivity index (χ4n) is 2.57. The minimum absolute atomic E-state index is 0. The van der Waals surface area contributed by atoms with Gasteiger partial charge in [0.1, 0.15) is 9.84 Å². The molecule has 0 radical (unpaired) electrons. The zero-order chi connectivity index (χ0) is 18.9. The number of para-hydroxylation sites is 1. The number of hydrogen-bond donors (Lipinski definition) is 2. The van der Waals surface area contributed by atoms with Crippen molar-refractivity contribution in [1.29, 1.82) is 0 Å². The lowest BCUT2D eigenvalue weighted by Crippen LogP contribution is -2.45. The van der Waals surface area contributed by atoms with Crippen LogP contribution in [0.2, 0.25) is 0 Å². The van der Waals surface area contributed by atoms with E-state index in [4.69, 9.17) is 0 Å². The second-order valence-electron chi connectivity index (χ2n) is 6.33. The zero-order valence-corrected chi connectivity index (χ0v) is 19.6. The average molecular weight is 496 g/mol. The number of aliphatic imine (C=N–C) groups is 1. The van der Waals surface area contributed by atoms with Crippen molar-refractivity contribution in [1.82, 2.24) is 10.6 Å². The summed E-state index contributed by atoms with van der Waals surface area (Å²) in [7, 11) is -1.22. The summed E-state index contributed by atoms with van der Waals surface area (Å²) in [5, 5.41) is 6.54. The number of sulfone groups is 1. The van der Waals surface area contributed by atoms with Crippen LogP contribution in [0.15, 0.2) is 29.3 Å². The summed E-state index contributed by atoms with van der Waals surface area (Å²) in [5.41, 5.74) is 2.51. The van der Waals surface area contributed by atoms with Gasteiger partial charge in [-0.1, -0.05) is 18.2 Å². The van der Waals surface area contributed by atoms with E-state index in [9.17, 15) is 8.42 Å². The highest BCUT2D eigenvalue weighted by molar-refractivity contribution is 14.0. The molecule has 150 valence electrons. The number of rotatable bonds is 9. The van der Waals surface area contributed by atoms with Crippen LogP contribution < -0.4 is 15.5 Å². The van der Waals surface area contributed by atoms with Gasteiger partial charge in [-0.25, -0.2) is 8.42 Å². The van der Waals surface area contributed by atoms with E-state index in [1.54, 1.807) is 7.05 Å². The van der Waals surface area contributed by atoms with Crippen LogP contribution in [-0.2, 0) is 9.84 Å². The van der Waals surface area contributed by atoms with Gasteiger partial charge in [-0.2, -0.15) is 0 Å². The fraction of sp³-hybridized carbons (Fsp3) is 0.611. The van der Waals surface area contributed by atoms with Gasteiger partial charge in [-0.15, -0.1) is 24.0 Å². The molecule has 1 atom stereocenters. The molecule has 8 heteroatoms. The summed E-state index contributed by atoms with van der Waals surface area (Å²) in [4.78, 5) is 6.53. The van der Waals surface area contributed by atoms with Gasteiger partial charge in [-0.05, 0) is 38.8 Å². The molecule has 0 aliphatic carbocycles. The lowest BCUT2D eigenvalue weighted by Gasteiger charge is -2.26. The number of nitrogens with one attached hydrogen (secondary N) is 2. The second kappa shape index (κ2) is 12.4. The standard InChI is InChI=1S/C18H32N4O2S.HI/c1-6-22(17-10-8-7-9-15(17)2)13-12-20-18(19-4)21-16(3)11-14-25(5,23)24;/h7-10,16H,6,11-14H2,1-5H3,(H2,19,20,21);1H. The highest BCUT2D eigenvalue weighted by Crippen LogP contribution is 2.18. The van der Waals surface area contributed by atoms with Crippen molar-refractivity contribution in [3.8, 4) is 0 Å². The third kappa shape index (κ3) is 9.61. The third-order valence-corrected chi connectivity index (χ3v) is 5.02. The maximum absolute atomic E-state index is 11.3. The first kappa shape index (κ1) is 25.0. The van der Waals surface area contributed by atoms with Crippen LogP contribution in [0.4, 0.5) is 5.69 Å². The number of halogens is 1. The fourth-order valence-corrected chi connectivity index (χ4v) is 3.35. The molecule has 2 N–H and O–H groups in total. The Balaban J connectivity index is 0.00000625. The first-order chi connectivity index (χ1) is 11.8. The van der Waals surface area contributed by atoms with Gasteiger partial charge in [0.2, 0.25) is 0 Å². The van der Waals surface area contributed by atoms with Crippen LogP contribution in [0.3, 0.4) is 0 Å².